The van der Waals surface area contributed by atoms with Gasteiger partial charge in [0.2, 0.25) is 0 Å². The quantitative estimate of drug-likeness (QED) is 0.729. The Balaban J connectivity index is 4.13. The number of carbonyl (C=O) groups is 1. The van der Waals surface area contributed by atoms with Crippen LogP contribution < -0.4 is 5.32 Å². The highest BCUT2D eigenvalue weighted by molar-refractivity contribution is 5.68. The van der Waals surface area contributed by atoms with Crippen molar-refractivity contribution in [1.82, 2.24) is 5.32 Å². The molecule has 0 saturated heterocycles. The number of carbonyl (C=O) groups excluding carboxylic acids is 1. The molecular formula is C12H23NO2. The third-order valence-corrected chi connectivity index (χ3v) is 1.75. The number of hydrogen-bond donors (Lipinski definition) is 1. The van der Waals surface area contributed by atoms with E-state index in [0.29, 0.717) is 0 Å². The largest absolute Gasteiger partial charge is 0.445 e. The molecule has 1 N–H and O–H groups in total. The first kappa shape index (κ1) is 14.0. The van der Waals surface area contributed by atoms with Crippen LogP contribution in [0.2, 0.25) is 0 Å². The van der Waals surface area contributed by atoms with Gasteiger partial charge in [0.05, 0.1) is 0 Å². The number of alkyl carbamates (subject to hydrolysis) is 1. The summed E-state index contributed by atoms with van der Waals surface area (Å²) in [5, 5.41) is 2.84. The van der Waals surface area contributed by atoms with Crippen LogP contribution in [0, 0.1) is 5.41 Å². The molecule has 1 amide bonds. The molecule has 0 fully saturated rings. The van der Waals surface area contributed by atoms with Crippen LogP contribution in [0.5, 0.6) is 0 Å². The summed E-state index contributed by atoms with van der Waals surface area (Å²) in [4.78, 5) is 11.3. The fourth-order valence-corrected chi connectivity index (χ4v) is 1.82. The Hall–Kier alpha value is -0.990. The Morgan fingerprint density at radius 1 is 1.33 bits per heavy atom. The fraction of sp³-hybridized carbons (Fsp3) is 0.750. The zero-order chi connectivity index (χ0) is 12.1. The van der Waals surface area contributed by atoms with Crippen LogP contribution in [-0.4, -0.2) is 18.2 Å². The second kappa shape index (κ2) is 5.19. The second-order valence-corrected chi connectivity index (χ2v) is 5.63. The van der Waals surface area contributed by atoms with Gasteiger partial charge in [0.15, 0.2) is 0 Å². The van der Waals surface area contributed by atoms with E-state index in [1.54, 1.807) is 6.08 Å². The first-order chi connectivity index (χ1) is 6.66. The zero-order valence-electron chi connectivity index (χ0n) is 10.5. The van der Waals surface area contributed by atoms with Gasteiger partial charge in [0, 0.05) is 5.54 Å². The Labute approximate surface area is 92.9 Å². The molecule has 0 bridgehead atoms. The van der Waals surface area contributed by atoms with Gasteiger partial charge in [-0.25, -0.2) is 4.79 Å². The van der Waals surface area contributed by atoms with Crippen molar-refractivity contribution < 1.29 is 9.53 Å². The molecule has 0 radical (unpaired) electrons. The zero-order valence-corrected chi connectivity index (χ0v) is 10.5. The molecular weight excluding hydrogens is 190 g/mol. The van der Waals surface area contributed by atoms with Crippen LogP contribution in [0.15, 0.2) is 12.7 Å². The van der Waals surface area contributed by atoms with Gasteiger partial charge in [-0.15, -0.1) is 0 Å². The highest BCUT2D eigenvalue weighted by atomic mass is 16.5. The van der Waals surface area contributed by atoms with Crippen LogP contribution in [0.1, 0.15) is 41.0 Å². The minimum Gasteiger partial charge on any atom is -0.445 e. The summed E-state index contributed by atoms with van der Waals surface area (Å²) in [7, 11) is 0. The molecule has 0 rings (SSSR count). The molecule has 15 heavy (non-hydrogen) atoms. The first-order valence-corrected chi connectivity index (χ1v) is 5.22. The average Bonchev–Trinajstić information content (AvgIpc) is 1.94. The molecule has 3 heteroatoms. The Bertz CT molecular complexity index is 226. The summed E-state index contributed by atoms with van der Waals surface area (Å²) in [5.41, 5.74) is -0.0777. The van der Waals surface area contributed by atoms with Gasteiger partial charge in [-0.1, -0.05) is 33.4 Å². The maximum absolute atomic E-state index is 11.3. The second-order valence-electron chi connectivity index (χ2n) is 5.63. The van der Waals surface area contributed by atoms with Crippen molar-refractivity contribution in [3.05, 3.63) is 12.7 Å². The van der Waals surface area contributed by atoms with Crippen molar-refractivity contribution in [2.45, 2.75) is 46.6 Å². The molecule has 0 spiro atoms. The van der Waals surface area contributed by atoms with Crippen molar-refractivity contribution in [2.24, 2.45) is 5.41 Å². The molecule has 0 atom stereocenters. The first-order valence-electron chi connectivity index (χ1n) is 5.22. The number of hydrogen-bond acceptors (Lipinski definition) is 2. The molecule has 0 saturated carbocycles. The third kappa shape index (κ3) is 8.03. The van der Waals surface area contributed by atoms with Gasteiger partial charge in [0.1, 0.15) is 6.61 Å². The van der Waals surface area contributed by atoms with Crippen molar-refractivity contribution in [1.29, 1.82) is 0 Å². The number of ether oxygens (including phenoxy) is 1. The molecule has 3 nitrogen and oxygen atoms in total. The lowest BCUT2D eigenvalue weighted by molar-refractivity contribution is 0.139. The normalized spacial score (nSPS) is 12.1. The summed E-state index contributed by atoms with van der Waals surface area (Å²) in [6.45, 7) is 14.2. The summed E-state index contributed by atoms with van der Waals surface area (Å²) in [6, 6.07) is 0. The molecule has 0 unspecified atom stereocenters. The molecule has 88 valence electrons. The van der Waals surface area contributed by atoms with Crippen molar-refractivity contribution >= 4 is 6.09 Å². The lowest BCUT2D eigenvalue weighted by atomic mass is 9.82. The highest BCUT2D eigenvalue weighted by Crippen LogP contribution is 2.26. The van der Waals surface area contributed by atoms with E-state index < -0.39 is 0 Å². The van der Waals surface area contributed by atoms with Gasteiger partial charge in [-0.05, 0) is 25.7 Å². The Morgan fingerprint density at radius 2 is 1.87 bits per heavy atom. The predicted octanol–water partition coefficient (Wildman–Crippen LogP) is 3.11. The molecule has 0 aromatic carbocycles. The van der Waals surface area contributed by atoms with Gasteiger partial charge in [-0.3, -0.25) is 0 Å². The summed E-state index contributed by atoms with van der Waals surface area (Å²) >= 11 is 0. The lowest BCUT2D eigenvalue weighted by Gasteiger charge is -2.32. The van der Waals surface area contributed by atoms with E-state index >= 15 is 0 Å². The molecule has 0 aliphatic carbocycles. The van der Waals surface area contributed by atoms with Crippen LogP contribution >= 0.6 is 0 Å². The van der Waals surface area contributed by atoms with Crippen LogP contribution in [0.3, 0.4) is 0 Å². The number of amides is 1. The van der Waals surface area contributed by atoms with Gasteiger partial charge < -0.3 is 10.1 Å². The van der Waals surface area contributed by atoms with Crippen molar-refractivity contribution in [3.63, 3.8) is 0 Å². The summed E-state index contributed by atoms with van der Waals surface area (Å²) in [5.74, 6) is 0. The highest BCUT2D eigenvalue weighted by Gasteiger charge is 2.27. The van der Waals surface area contributed by atoms with Crippen LogP contribution in [-0.2, 0) is 4.74 Å². The minimum atomic E-state index is -0.385. The van der Waals surface area contributed by atoms with E-state index in [9.17, 15) is 4.79 Å². The Kier molecular flexibility index (Phi) is 4.85. The monoisotopic (exact) mass is 213 g/mol. The molecule has 0 aromatic heterocycles. The van der Waals surface area contributed by atoms with E-state index in [2.05, 4.69) is 32.7 Å². The third-order valence-electron chi connectivity index (χ3n) is 1.75. The average molecular weight is 213 g/mol. The van der Waals surface area contributed by atoms with Crippen molar-refractivity contribution in [2.75, 3.05) is 6.61 Å². The Morgan fingerprint density at radius 3 is 2.27 bits per heavy atom. The maximum Gasteiger partial charge on any atom is 0.407 e. The molecule has 0 heterocycles. The number of rotatable bonds is 4. The van der Waals surface area contributed by atoms with E-state index in [4.69, 9.17) is 4.74 Å². The SMILES string of the molecule is C=CCOC(=O)NC(C)(C)CC(C)(C)C. The molecule has 0 aliphatic heterocycles. The summed E-state index contributed by atoms with van der Waals surface area (Å²) < 4.78 is 4.87. The van der Waals surface area contributed by atoms with Gasteiger partial charge >= 0.3 is 6.09 Å². The molecule has 0 aliphatic rings. The molecule has 0 aromatic rings. The van der Waals surface area contributed by atoms with E-state index in [1.807, 2.05) is 13.8 Å². The standard InChI is InChI=1S/C12H23NO2/c1-7-8-15-10(14)13-12(5,6)9-11(2,3)4/h7H,1,8-9H2,2-6H3,(H,13,14). The van der Waals surface area contributed by atoms with E-state index in [1.165, 1.54) is 0 Å². The minimum absolute atomic E-state index is 0.176. The summed E-state index contributed by atoms with van der Waals surface area (Å²) in [6.07, 6.45) is 2.06. The number of nitrogens with one attached hydrogen (secondary N) is 1. The van der Waals surface area contributed by atoms with Crippen LogP contribution in [0.4, 0.5) is 4.79 Å². The predicted molar refractivity (Wildman–Crippen MR) is 62.8 cm³/mol. The maximum atomic E-state index is 11.3. The topological polar surface area (TPSA) is 38.3 Å². The van der Waals surface area contributed by atoms with E-state index in [0.717, 1.165) is 6.42 Å². The van der Waals surface area contributed by atoms with Gasteiger partial charge in [-0.2, -0.15) is 0 Å². The van der Waals surface area contributed by atoms with Crippen LogP contribution in [0.25, 0.3) is 0 Å². The smallest absolute Gasteiger partial charge is 0.407 e. The fourth-order valence-electron chi connectivity index (χ4n) is 1.82. The van der Waals surface area contributed by atoms with Gasteiger partial charge in [0.25, 0.3) is 0 Å². The van der Waals surface area contributed by atoms with Crippen molar-refractivity contribution in [3.8, 4) is 0 Å². The van der Waals surface area contributed by atoms with E-state index in [-0.39, 0.29) is 23.7 Å². The lowest BCUT2D eigenvalue weighted by Crippen LogP contribution is -2.46.